The molecule has 0 amide bonds. The van der Waals surface area contributed by atoms with Crippen LogP contribution in [0.1, 0.15) is 43.6 Å². The largest absolute Gasteiger partial charge is 0.276 e. The molecule has 4 heteroatoms. The third-order valence-corrected chi connectivity index (χ3v) is 3.53. The van der Waals surface area contributed by atoms with Crippen molar-refractivity contribution in [3.05, 3.63) is 53.3 Å². The van der Waals surface area contributed by atoms with E-state index in [2.05, 4.69) is 55.6 Å². The average Bonchev–Trinajstić information content (AvgIpc) is 2.80. The molecule has 1 atom stereocenters. The molecule has 1 unspecified atom stereocenters. The van der Waals surface area contributed by atoms with Gasteiger partial charge in [0.25, 0.3) is 0 Å². The van der Waals surface area contributed by atoms with Crippen LogP contribution in [-0.4, -0.2) is 9.78 Å². The van der Waals surface area contributed by atoms with Gasteiger partial charge in [-0.25, -0.2) is 0 Å². The topological polar surface area (TPSA) is 55.9 Å². The van der Waals surface area contributed by atoms with Gasteiger partial charge in [-0.15, -0.1) is 0 Å². The molecule has 4 nitrogen and oxygen atoms in total. The van der Waals surface area contributed by atoms with Crippen molar-refractivity contribution in [1.29, 1.82) is 0 Å². The van der Waals surface area contributed by atoms with Crippen LogP contribution in [-0.2, 0) is 18.9 Å². The number of hydrogen-bond acceptors (Lipinski definition) is 3. The zero-order valence-electron chi connectivity index (χ0n) is 12.7. The SMILES string of the molecule is Cn1ccc(CC(NN)c2ccccc2C(C)(C)C)n1. The van der Waals surface area contributed by atoms with E-state index in [-0.39, 0.29) is 11.5 Å². The predicted molar refractivity (Wildman–Crippen MR) is 82.1 cm³/mol. The molecule has 3 N–H and O–H groups in total. The Hall–Kier alpha value is -1.65. The van der Waals surface area contributed by atoms with Crippen molar-refractivity contribution >= 4 is 0 Å². The van der Waals surface area contributed by atoms with Crippen molar-refractivity contribution in [2.75, 3.05) is 0 Å². The quantitative estimate of drug-likeness (QED) is 0.664. The normalized spacial score (nSPS) is 13.4. The molecule has 1 heterocycles. The Balaban J connectivity index is 2.32. The summed E-state index contributed by atoms with van der Waals surface area (Å²) in [6.07, 6.45) is 2.74. The summed E-state index contributed by atoms with van der Waals surface area (Å²) in [4.78, 5) is 0. The standard InChI is InChI=1S/C16H24N4/c1-16(2,3)14-8-6-5-7-13(14)15(18-17)11-12-9-10-20(4)19-12/h5-10,15,18H,11,17H2,1-4H3. The molecule has 0 saturated carbocycles. The molecule has 0 bridgehead atoms. The molecule has 0 radical (unpaired) electrons. The maximum absolute atomic E-state index is 5.79. The Morgan fingerprint density at radius 1 is 1.25 bits per heavy atom. The van der Waals surface area contributed by atoms with Crippen LogP contribution in [0.4, 0.5) is 0 Å². The van der Waals surface area contributed by atoms with Gasteiger partial charge in [0, 0.05) is 19.7 Å². The number of aromatic nitrogens is 2. The molecule has 0 aliphatic rings. The second kappa shape index (κ2) is 5.77. The number of hydrogen-bond donors (Lipinski definition) is 2. The Bertz CT molecular complexity index is 566. The van der Waals surface area contributed by atoms with E-state index in [1.807, 2.05) is 24.0 Å². The van der Waals surface area contributed by atoms with Crippen molar-refractivity contribution in [2.24, 2.45) is 12.9 Å². The molecule has 0 aliphatic heterocycles. The molecule has 0 saturated heterocycles. The molecule has 1 aromatic carbocycles. The van der Waals surface area contributed by atoms with E-state index in [9.17, 15) is 0 Å². The molecule has 2 aromatic rings. The van der Waals surface area contributed by atoms with Crippen LogP contribution in [0.2, 0.25) is 0 Å². The van der Waals surface area contributed by atoms with Crippen LogP contribution in [0, 0.1) is 0 Å². The van der Waals surface area contributed by atoms with E-state index in [0.717, 1.165) is 12.1 Å². The molecule has 108 valence electrons. The van der Waals surface area contributed by atoms with E-state index >= 15 is 0 Å². The summed E-state index contributed by atoms with van der Waals surface area (Å²) in [6, 6.07) is 10.6. The fourth-order valence-electron chi connectivity index (χ4n) is 2.52. The summed E-state index contributed by atoms with van der Waals surface area (Å²) in [5.74, 6) is 5.79. The van der Waals surface area contributed by atoms with Crippen molar-refractivity contribution < 1.29 is 0 Å². The molecule has 0 aliphatic carbocycles. The molecule has 0 fully saturated rings. The molecular formula is C16H24N4. The van der Waals surface area contributed by atoms with Crippen LogP contribution in [0.25, 0.3) is 0 Å². The second-order valence-electron chi connectivity index (χ2n) is 6.24. The van der Waals surface area contributed by atoms with E-state index in [1.54, 1.807) is 0 Å². The summed E-state index contributed by atoms with van der Waals surface area (Å²) in [5.41, 5.74) is 6.64. The maximum atomic E-state index is 5.79. The van der Waals surface area contributed by atoms with Crippen LogP contribution in [0.3, 0.4) is 0 Å². The summed E-state index contributed by atoms with van der Waals surface area (Å²) >= 11 is 0. The number of rotatable bonds is 4. The van der Waals surface area contributed by atoms with Gasteiger partial charge in [0.1, 0.15) is 0 Å². The van der Waals surface area contributed by atoms with Gasteiger partial charge in [-0.2, -0.15) is 5.10 Å². The lowest BCUT2D eigenvalue weighted by atomic mass is 9.81. The van der Waals surface area contributed by atoms with Gasteiger partial charge in [-0.1, -0.05) is 45.0 Å². The van der Waals surface area contributed by atoms with Crippen LogP contribution < -0.4 is 11.3 Å². The highest BCUT2D eigenvalue weighted by atomic mass is 15.3. The van der Waals surface area contributed by atoms with E-state index in [1.165, 1.54) is 11.1 Å². The minimum atomic E-state index is 0.0697. The number of nitrogens with zero attached hydrogens (tertiary/aromatic N) is 2. The van der Waals surface area contributed by atoms with Gasteiger partial charge < -0.3 is 0 Å². The average molecular weight is 272 g/mol. The minimum absolute atomic E-state index is 0.0697. The highest BCUT2D eigenvalue weighted by Gasteiger charge is 2.22. The number of hydrazine groups is 1. The smallest absolute Gasteiger partial charge is 0.0643 e. The molecule has 2 rings (SSSR count). The van der Waals surface area contributed by atoms with E-state index < -0.39 is 0 Å². The Labute approximate surface area is 121 Å². The lowest BCUT2D eigenvalue weighted by Gasteiger charge is -2.27. The zero-order chi connectivity index (χ0) is 14.8. The molecule has 0 spiro atoms. The lowest BCUT2D eigenvalue weighted by Crippen LogP contribution is -2.32. The van der Waals surface area contributed by atoms with Crippen molar-refractivity contribution in [2.45, 2.75) is 38.6 Å². The van der Waals surface area contributed by atoms with Crippen molar-refractivity contribution in [3.63, 3.8) is 0 Å². The third-order valence-electron chi connectivity index (χ3n) is 3.53. The fraction of sp³-hybridized carbons (Fsp3) is 0.438. The zero-order valence-corrected chi connectivity index (χ0v) is 12.7. The predicted octanol–water partition coefficient (Wildman–Crippen LogP) is 2.46. The highest BCUT2D eigenvalue weighted by molar-refractivity contribution is 5.35. The van der Waals surface area contributed by atoms with Crippen LogP contribution in [0.15, 0.2) is 36.5 Å². The highest BCUT2D eigenvalue weighted by Crippen LogP contribution is 2.30. The summed E-state index contributed by atoms with van der Waals surface area (Å²) < 4.78 is 1.82. The van der Waals surface area contributed by atoms with Gasteiger partial charge >= 0.3 is 0 Å². The number of benzene rings is 1. The van der Waals surface area contributed by atoms with Gasteiger partial charge in [0.2, 0.25) is 0 Å². The van der Waals surface area contributed by atoms with Crippen molar-refractivity contribution in [1.82, 2.24) is 15.2 Å². The van der Waals surface area contributed by atoms with Gasteiger partial charge in [0.15, 0.2) is 0 Å². The first-order valence-corrected chi connectivity index (χ1v) is 6.96. The molecule has 20 heavy (non-hydrogen) atoms. The second-order valence-corrected chi connectivity index (χ2v) is 6.24. The fourth-order valence-corrected chi connectivity index (χ4v) is 2.52. The van der Waals surface area contributed by atoms with Gasteiger partial charge in [0.05, 0.1) is 11.7 Å². The number of nitrogens with one attached hydrogen (secondary N) is 1. The Morgan fingerprint density at radius 2 is 1.95 bits per heavy atom. The monoisotopic (exact) mass is 272 g/mol. The summed E-state index contributed by atoms with van der Waals surface area (Å²) in [6.45, 7) is 6.67. The van der Waals surface area contributed by atoms with E-state index in [0.29, 0.717) is 0 Å². The summed E-state index contributed by atoms with van der Waals surface area (Å²) in [7, 11) is 1.93. The molecule has 1 aromatic heterocycles. The Kier molecular flexibility index (Phi) is 4.26. The van der Waals surface area contributed by atoms with Gasteiger partial charge in [-0.3, -0.25) is 16.0 Å². The van der Waals surface area contributed by atoms with Gasteiger partial charge in [-0.05, 0) is 22.6 Å². The lowest BCUT2D eigenvalue weighted by molar-refractivity contribution is 0.512. The van der Waals surface area contributed by atoms with Crippen LogP contribution >= 0.6 is 0 Å². The van der Waals surface area contributed by atoms with Crippen molar-refractivity contribution in [3.8, 4) is 0 Å². The molecular weight excluding hydrogens is 248 g/mol. The van der Waals surface area contributed by atoms with E-state index in [4.69, 9.17) is 5.84 Å². The van der Waals surface area contributed by atoms with Crippen LogP contribution in [0.5, 0.6) is 0 Å². The maximum Gasteiger partial charge on any atom is 0.0643 e. The first-order chi connectivity index (χ1) is 9.41. The first kappa shape index (κ1) is 14.8. The number of aryl methyl sites for hydroxylation is 1. The number of nitrogens with two attached hydrogens (primary N) is 1. The first-order valence-electron chi connectivity index (χ1n) is 6.96. The summed E-state index contributed by atoms with van der Waals surface area (Å²) in [5, 5.41) is 4.44. The minimum Gasteiger partial charge on any atom is -0.276 e. The Morgan fingerprint density at radius 3 is 2.50 bits per heavy atom. The third kappa shape index (κ3) is 3.26.